The van der Waals surface area contributed by atoms with E-state index in [0.29, 0.717) is 13.0 Å². The molecule has 0 radical (unpaired) electrons. The van der Waals surface area contributed by atoms with Crippen LogP contribution < -0.4 is 10.6 Å². The Morgan fingerprint density at radius 1 is 1.03 bits per heavy atom. The summed E-state index contributed by atoms with van der Waals surface area (Å²) in [6.45, 7) is 15.8. The topological polar surface area (TPSA) is 87.7 Å². The van der Waals surface area contributed by atoms with E-state index in [1.54, 1.807) is 25.7 Å². The molecule has 7 heteroatoms. The van der Waals surface area contributed by atoms with Crippen molar-refractivity contribution in [3.05, 3.63) is 70.8 Å². The minimum absolute atomic E-state index is 0.0972. The molecule has 1 aliphatic rings. The number of ether oxygens (including phenoxy) is 1. The first kappa shape index (κ1) is 30.2. The zero-order valence-electron chi connectivity index (χ0n) is 24.7. The number of hydrogen-bond donors (Lipinski definition) is 2. The SMILES string of the molecule is Cc1cccc(C(C(=O)NCc2ccccc2)N(C(=O)C(CC(C)C)NC(=O)OC(C)(C)C)C2CC2C)c1C. The second-order valence-corrected chi connectivity index (χ2v) is 12.2. The molecule has 0 heterocycles. The van der Waals surface area contributed by atoms with Gasteiger partial charge in [-0.1, -0.05) is 69.3 Å². The molecule has 3 rings (SSSR count). The van der Waals surface area contributed by atoms with Crippen molar-refractivity contribution in [1.29, 1.82) is 0 Å². The van der Waals surface area contributed by atoms with E-state index in [4.69, 9.17) is 4.74 Å². The number of nitrogens with one attached hydrogen (secondary N) is 2. The molecule has 0 aliphatic heterocycles. The van der Waals surface area contributed by atoms with E-state index >= 15 is 0 Å². The lowest BCUT2D eigenvalue weighted by Gasteiger charge is -2.36. The second-order valence-electron chi connectivity index (χ2n) is 12.2. The smallest absolute Gasteiger partial charge is 0.408 e. The molecule has 7 nitrogen and oxygen atoms in total. The van der Waals surface area contributed by atoms with Crippen LogP contribution in [0.5, 0.6) is 0 Å². The molecule has 212 valence electrons. The van der Waals surface area contributed by atoms with E-state index in [1.807, 2.05) is 76.2 Å². The van der Waals surface area contributed by atoms with Gasteiger partial charge in [-0.2, -0.15) is 0 Å². The third-order valence-corrected chi connectivity index (χ3v) is 7.15. The van der Waals surface area contributed by atoms with Gasteiger partial charge in [-0.15, -0.1) is 0 Å². The summed E-state index contributed by atoms with van der Waals surface area (Å²) in [6.07, 6.45) is 0.600. The summed E-state index contributed by atoms with van der Waals surface area (Å²) in [5.74, 6) is -0.103. The molecule has 1 aliphatic carbocycles. The molecular weight excluding hydrogens is 490 g/mol. The minimum Gasteiger partial charge on any atom is -0.444 e. The van der Waals surface area contributed by atoms with Crippen LogP contribution in [-0.2, 0) is 20.9 Å². The zero-order chi connectivity index (χ0) is 28.9. The number of benzene rings is 2. The molecule has 39 heavy (non-hydrogen) atoms. The average Bonchev–Trinajstić information content (AvgIpc) is 3.57. The van der Waals surface area contributed by atoms with Gasteiger partial charge in [-0.05, 0) is 81.5 Å². The van der Waals surface area contributed by atoms with Crippen molar-refractivity contribution in [2.24, 2.45) is 11.8 Å². The molecule has 3 amide bonds. The predicted molar refractivity (Wildman–Crippen MR) is 154 cm³/mol. The van der Waals surface area contributed by atoms with Crippen molar-refractivity contribution in [3.63, 3.8) is 0 Å². The van der Waals surface area contributed by atoms with Crippen LogP contribution in [0.1, 0.15) is 82.7 Å². The second kappa shape index (κ2) is 12.7. The Hall–Kier alpha value is -3.35. The van der Waals surface area contributed by atoms with E-state index in [2.05, 4.69) is 17.6 Å². The number of hydrogen-bond acceptors (Lipinski definition) is 4. The Morgan fingerprint density at radius 3 is 2.23 bits per heavy atom. The Kier molecular flexibility index (Phi) is 9.81. The van der Waals surface area contributed by atoms with Crippen molar-refractivity contribution in [2.45, 2.75) is 98.5 Å². The molecule has 0 aromatic heterocycles. The van der Waals surface area contributed by atoms with E-state index in [0.717, 1.165) is 28.7 Å². The summed E-state index contributed by atoms with van der Waals surface area (Å²) in [5, 5.41) is 5.91. The van der Waals surface area contributed by atoms with Gasteiger partial charge in [0.05, 0.1) is 0 Å². The number of rotatable bonds is 10. The van der Waals surface area contributed by atoms with Crippen LogP contribution in [0.15, 0.2) is 48.5 Å². The van der Waals surface area contributed by atoms with Gasteiger partial charge in [0, 0.05) is 12.6 Å². The van der Waals surface area contributed by atoms with E-state index < -0.39 is 23.8 Å². The van der Waals surface area contributed by atoms with Crippen molar-refractivity contribution in [1.82, 2.24) is 15.5 Å². The molecule has 1 fully saturated rings. The normalized spacial score (nSPS) is 18.2. The quantitative estimate of drug-likeness (QED) is 0.400. The summed E-state index contributed by atoms with van der Waals surface area (Å²) in [4.78, 5) is 42.9. The van der Waals surface area contributed by atoms with E-state index in [-0.39, 0.29) is 29.7 Å². The van der Waals surface area contributed by atoms with Crippen LogP contribution in [0.2, 0.25) is 0 Å². The highest BCUT2D eigenvalue weighted by atomic mass is 16.6. The number of alkyl carbamates (subject to hydrolysis) is 1. The molecule has 0 bridgehead atoms. The highest BCUT2D eigenvalue weighted by molar-refractivity contribution is 5.93. The first-order valence-corrected chi connectivity index (χ1v) is 14.0. The maximum absolute atomic E-state index is 14.4. The third kappa shape index (κ3) is 8.32. The highest BCUT2D eigenvalue weighted by Crippen LogP contribution is 2.41. The molecule has 0 spiro atoms. The summed E-state index contributed by atoms with van der Waals surface area (Å²) >= 11 is 0. The Balaban J connectivity index is 2.01. The molecule has 2 N–H and O–H groups in total. The lowest BCUT2D eigenvalue weighted by Crippen LogP contribution is -2.54. The summed E-state index contributed by atoms with van der Waals surface area (Å²) in [7, 11) is 0. The summed E-state index contributed by atoms with van der Waals surface area (Å²) in [6, 6.07) is 13.9. The Morgan fingerprint density at radius 2 is 1.67 bits per heavy atom. The molecule has 2 aromatic carbocycles. The fourth-order valence-electron chi connectivity index (χ4n) is 4.86. The van der Waals surface area contributed by atoms with E-state index in [1.165, 1.54) is 0 Å². The standard InChI is InChI=1S/C32H45N3O4/c1-20(2)17-26(34-31(38)39-32(6,7)8)30(37)35(27-18-22(27)4)28(25-16-12-13-21(3)23(25)5)29(36)33-19-24-14-10-9-11-15-24/h9-16,20,22,26-28H,17-19H2,1-8H3,(H,33,36)(H,34,38). The number of carbonyl (C=O) groups is 3. The maximum Gasteiger partial charge on any atom is 0.408 e. The molecule has 2 aromatic rings. The first-order chi connectivity index (χ1) is 18.3. The van der Waals surface area contributed by atoms with Gasteiger partial charge in [-0.25, -0.2) is 4.79 Å². The van der Waals surface area contributed by atoms with Gasteiger partial charge in [0.2, 0.25) is 11.8 Å². The van der Waals surface area contributed by atoms with E-state index in [9.17, 15) is 14.4 Å². The number of nitrogens with zero attached hydrogens (tertiary/aromatic N) is 1. The average molecular weight is 536 g/mol. The number of aryl methyl sites for hydroxylation is 1. The molecule has 4 atom stereocenters. The molecular formula is C32H45N3O4. The van der Waals surface area contributed by atoms with Crippen LogP contribution in [0.4, 0.5) is 4.79 Å². The summed E-state index contributed by atoms with van der Waals surface area (Å²) in [5.41, 5.74) is 3.11. The zero-order valence-corrected chi connectivity index (χ0v) is 24.7. The van der Waals surface area contributed by atoms with Gasteiger partial charge in [0.15, 0.2) is 0 Å². The fourth-order valence-corrected chi connectivity index (χ4v) is 4.86. The van der Waals surface area contributed by atoms with Crippen molar-refractivity contribution >= 4 is 17.9 Å². The van der Waals surface area contributed by atoms with Crippen LogP contribution >= 0.6 is 0 Å². The van der Waals surface area contributed by atoms with Crippen molar-refractivity contribution in [2.75, 3.05) is 0 Å². The largest absolute Gasteiger partial charge is 0.444 e. The fraction of sp³-hybridized carbons (Fsp3) is 0.531. The Bertz CT molecular complexity index is 1160. The molecule has 1 saturated carbocycles. The van der Waals surface area contributed by atoms with Crippen LogP contribution in [-0.4, -0.2) is 40.5 Å². The van der Waals surface area contributed by atoms with Gasteiger partial charge < -0.3 is 20.3 Å². The van der Waals surface area contributed by atoms with Crippen molar-refractivity contribution < 1.29 is 19.1 Å². The number of carbonyl (C=O) groups excluding carboxylic acids is 3. The minimum atomic E-state index is -0.828. The van der Waals surface area contributed by atoms with Crippen LogP contribution in [0.3, 0.4) is 0 Å². The first-order valence-electron chi connectivity index (χ1n) is 14.0. The van der Waals surface area contributed by atoms with Crippen molar-refractivity contribution in [3.8, 4) is 0 Å². The maximum atomic E-state index is 14.4. The Labute approximate surface area is 233 Å². The highest BCUT2D eigenvalue weighted by Gasteiger charge is 2.48. The summed E-state index contributed by atoms with van der Waals surface area (Å²) < 4.78 is 5.49. The number of amides is 3. The van der Waals surface area contributed by atoms with Crippen LogP contribution in [0.25, 0.3) is 0 Å². The monoisotopic (exact) mass is 535 g/mol. The molecule has 4 unspecified atom stereocenters. The van der Waals surface area contributed by atoms with Gasteiger partial charge in [-0.3, -0.25) is 9.59 Å². The van der Waals surface area contributed by atoms with Gasteiger partial charge >= 0.3 is 6.09 Å². The predicted octanol–water partition coefficient (Wildman–Crippen LogP) is 5.84. The molecule has 0 saturated heterocycles. The third-order valence-electron chi connectivity index (χ3n) is 7.15. The van der Waals surface area contributed by atoms with Gasteiger partial charge in [0.1, 0.15) is 17.7 Å². The lowest BCUT2D eigenvalue weighted by molar-refractivity contribution is -0.143. The van der Waals surface area contributed by atoms with Crippen LogP contribution in [0, 0.1) is 25.7 Å². The lowest BCUT2D eigenvalue weighted by atomic mass is 9.94. The van der Waals surface area contributed by atoms with Gasteiger partial charge in [0.25, 0.3) is 0 Å².